The van der Waals surface area contributed by atoms with Gasteiger partial charge in [0, 0.05) is 13.2 Å². The molecule has 0 amide bonds. The summed E-state index contributed by atoms with van der Waals surface area (Å²) in [6, 6.07) is 8.63. The fourth-order valence-electron chi connectivity index (χ4n) is 2.48. The first-order chi connectivity index (χ1) is 8.31. The average Bonchev–Trinajstić information content (AvgIpc) is 2.77. The van der Waals surface area contributed by atoms with Crippen molar-refractivity contribution in [1.82, 2.24) is 0 Å². The Labute approximate surface area is 103 Å². The van der Waals surface area contributed by atoms with Gasteiger partial charge >= 0.3 is 0 Å². The molecule has 1 aromatic rings. The summed E-state index contributed by atoms with van der Waals surface area (Å²) < 4.78 is 10.8. The summed E-state index contributed by atoms with van der Waals surface area (Å²) in [5.41, 5.74) is 7.28. The predicted octanol–water partition coefficient (Wildman–Crippen LogP) is 2.31. The van der Waals surface area contributed by atoms with Crippen LogP contribution in [-0.2, 0) is 4.74 Å². The first-order valence-electron chi connectivity index (χ1n) is 6.27. The van der Waals surface area contributed by atoms with Crippen molar-refractivity contribution in [3.8, 4) is 5.75 Å². The van der Waals surface area contributed by atoms with Crippen LogP contribution in [0.25, 0.3) is 0 Å². The summed E-state index contributed by atoms with van der Waals surface area (Å²) in [6.45, 7) is 1.23. The lowest BCUT2D eigenvalue weighted by Crippen LogP contribution is -2.14. The molecule has 2 unspecified atom stereocenters. The molecule has 1 fully saturated rings. The fourth-order valence-corrected chi connectivity index (χ4v) is 2.48. The molecule has 2 atom stereocenters. The molecule has 0 saturated heterocycles. The van der Waals surface area contributed by atoms with Crippen LogP contribution in [0, 0.1) is 0 Å². The molecule has 3 heteroatoms. The van der Waals surface area contributed by atoms with Gasteiger partial charge in [-0.15, -0.1) is 0 Å². The van der Waals surface area contributed by atoms with E-state index >= 15 is 0 Å². The molecule has 0 aromatic heterocycles. The summed E-state index contributed by atoms with van der Waals surface area (Å²) in [4.78, 5) is 0. The highest BCUT2D eigenvalue weighted by molar-refractivity contribution is 5.37. The second kappa shape index (κ2) is 6.03. The van der Waals surface area contributed by atoms with Crippen molar-refractivity contribution in [2.75, 3.05) is 20.3 Å². The Morgan fingerprint density at radius 3 is 2.76 bits per heavy atom. The normalized spacial score (nSPS) is 23.9. The molecule has 94 valence electrons. The number of hydrogen-bond acceptors (Lipinski definition) is 3. The van der Waals surface area contributed by atoms with Crippen molar-refractivity contribution in [2.45, 2.75) is 31.2 Å². The third-order valence-electron chi connectivity index (χ3n) is 3.38. The molecule has 0 bridgehead atoms. The smallest absolute Gasteiger partial charge is 0.122 e. The summed E-state index contributed by atoms with van der Waals surface area (Å²) in [6.07, 6.45) is 3.37. The van der Waals surface area contributed by atoms with Crippen molar-refractivity contribution in [2.24, 2.45) is 5.73 Å². The van der Waals surface area contributed by atoms with E-state index in [4.69, 9.17) is 15.2 Å². The van der Waals surface area contributed by atoms with Crippen LogP contribution in [0.3, 0.4) is 0 Å². The van der Waals surface area contributed by atoms with Crippen LogP contribution in [0.2, 0.25) is 0 Å². The minimum absolute atomic E-state index is 0.354. The zero-order chi connectivity index (χ0) is 12.1. The highest BCUT2D eigenvalue weighted by Gasteiger charge is 2.25. The second-order valence-corrected chi connectivity index (χ2v) is 4.65. The Morgan fingerprint density at radius 2 is 2.06 bits per heavy atom. The van der Waals surface area contributed by atoms with E-state index in [1.54, 1.807) is 7.11 Å². The molecule has 1 saturated carbocycles. The van der Waals surface area contributed by atoms with Crippen LogP contribution in [0.5, 0.6) is 5.75 Å². The lowest BCUT2D eigenvalue weighted by atomic mass is 9.96. The SMILES string of the molecule is COCCOc1ccccc1C1CCC(N)C1. The van der Waals surface area contributed by atoms with Gasteiger partial charge in [-0.25, -0.2) is 0 Å². The second-order valence-electron chi connectivity index (χ2n) is 4.65. The van der Waals surface area contributed by atoms with E-state index in [2.05, 4.69) is 12.1 Å². The molecule has 1 aliphatic carbocycles. The Kier molecular flexibility index (Phi) is 4.40. The zero-order valence-corrected chi connectivity index (χ0v) is 10.4. The fraction of sp³-hybridized carbons (Fsp3) is 0.571. The Hall–Kier alpha value is -1.06. The lowest BCUT2D eigenvalue weighted by molar-refractivity contribution is 0.145. The van der Waals surface area contributed by atoms with Crippen LogP contribution in [-0.4, -0.2) is 26.4 Å². The van der Waals surface area contributed by atoms with E-state index in [9.17, 15) is 0 Å². The number of rotatable bonds is 5. The number of methoxy groups -OCH3 is 1. The third-order valence-corrected chi connectivity index (χ3v) is 3.38. The van der Waals surface area contributed by atoms with Gasteiger partial charge in [0.25, 0.3) is 0 Å². The van der Waals surface area contributed by atoms with E-state index in [0.29, 0.717) is 25.2 Å². The third kappa shape index (κ3) is 3.20. The van der Waals surface area contributed by atoms with Gasteiger partial charge < -0.3 is 15.2 Å². The summed E-state index contributed by atoms with van der Waals surface area (Å²) in [7, 11) is 1.69. The van der Waals surface area contributed by atoms with Crippen LogP contribution in [0.15, 0.2) is 24.3 Å². The maximum absolute atomic E-state index is 5.97. The lowest BCUT2D eigenvalue weighted by Gasteiger charge is -2.16. The minimum Gasteiger partial charge on any atom is -0.491 e. The highest BCUT2D eigenvalue weighted by atomic mass is 16.5. The molecule has 2 N–H and O–H groups in total. The first kappa shape index (κ1) is 12.4. The van der Waals surface area contributed by atoms with E-state index in [1.807, 2.05) is 12.1 Å². The van der Waals surface area contributed by atoms with E-state index in [0.717, 1.165) is 18.6 Å². The van der Waals surface area contributed by atoms with Crippen LogP contribution < -0.4 is 10.5 Å². The van der Waals surface area contributed by atoms with Crippen molar-refractivity contribution in [3.05, 3.63) is 29.8 Å². The van der Waals surface area contributed by atoms with Gasteiger partial charge in [0.05, 0.1) is 6.61 Å². The van der Waals surface area contributed by atoms with Gasteiger partial charge in [-0.3, -0.25) is 0 Å². The molecule has 0 heterocycles. The molecule has 1 aromatic carbocycles. The molecule has 2 rings (SSSR count). The monoisotopic (exact) mass is 235 g/mol. The highest BCUT2D eigenvalue weighted by Crippen LogP contribution is 2.38. The van der Waals surface area contributed by atoms with Crippen LogP contribution in [0.1, 0.15) is 30.7 Å². The van der Waals surface area contributed by atoms with Gasteiger partial charge in [0.15, 0.2) is 0 Å². The molecular formula is C14H21NO2. The first-order valence-corrected chi connectivity index (χ1v) is 6.27. The van der Waals surface area contributed by atoms with E-state index in [1.165, 1.54) is 12.0 Å². The Balaban J connectivity index is 2.05. The molecule has 1 aliphatic rings. The average molecular weight is 235 g/mol. The number of benzene rings is 1. The minimum atomic E-state index is 0.354. The van der Waals surface area contributed by atoms with Gasteiger partial charge in [0.2, 0.25) is 0 Å². The summed E-state index contributed by atoms with van der Waals surface area (Å²) in [5.74, 6) is 1.55. The van der Waals surface area contributed by atoms with Gasteiger partial charge in [0.1, 0.15) is 12.4 Å². The van der Waals surface area contributed by atoms with Crippen molar-refractivity contribution in [3.63, 3.8) is 0 Å². The van der Waals surface area contributed by atoms with E-state index in [-0.39, 0.29) is 0 Å². The number of hydrogen-bond donors (Lipinski definition) is 1. The maximum Gasteiger partial charge on any atom is 0.122 e. The van der Waals surface area contributed by atoms with Crippen LogP contribution >= 0.6 is 0 Å². The molecular weight excluding hydrogens is 214 g/mol. The molecule has 0 spiro atoms. The van der Waals surface area contributed by atoms with Crippen molar-refractivity contribution in [1.29, 1.82) is 0 Å². The number of nitrogens with two attached hydrogens (primary N) is 1. The Morgan fingerprint density at radius 1 is 1.24 bits per heavy atom. The molecule has 3 nitrogen and oxygen atoms in total. The van der Waals surface area contributed by atoms with Gasteiger partial charge in [-0.2, -0.15) is 0 Å². The largest absolute Gasteiger partial charge is 0.491 e. The molecule has 0 aliphatic heterocycles. The predicted molar refractivity (Wildman–Crippen MR) is 68.4 cm³/mol. The number of para-hydroxylation sites is 1. The van der Waals surface area contributed by atoms with Crippen LogP contribution in [0.4, 0.5) is 0 Å². The zero-order valence-electron chi connectivity index (χ0n) is 10.4. The van der Waals surface area contributed by atoms with E-state index < -0.39 is 0 Å². The quantitative estimate of drug-likeness (QED) is 0.796. The Bertz CT molecular complexity index is 354. The van der Waals surface area contributed by atoms with Gasteiger partial charge in [-0.1, -0.05) is 18.2 Å². The number of ether oxygens (including phenoxy) is 2. The van der Waals surface area contributed by atoms with Crippen molar-refractivity contribution >= 4 is 0 Å². The summed E-state index contributed by atoms with van der Waals surface area (Å²) in [5, 5.41) is 0. The van der Waals surface area contributed by atoms with Crippen molar-refractivity contribution < 1.29 is 9.47 Å². The molecule has 0 radical (unpaired) electrons. The molecule has 17 heavy (non-hydrogen) atoms. The van der Waals surface area contributed by atoms with Gasteiger partial charge in [-0.05, 0) is 36.8 Å². The standard InChI is InChI=1S/C14H21NO2/c1-16-8-9-17-14-5-3-2-4-13(14)11-6-7-12(15)10-11/h2-5,11-12H,6-10,15H2,1H3. The topological polar surface area (TPSA) is 44.5 Å². The summed E-state index contributed by atoms with van der Waals surface area (Å²) >= 11 is 0. The maximum atomic E-state index is 5.97.